The third-order valence-electron chi connectivity index (χ3n) is 4.17. The van der Waals surface area contributed by atoms with Gasteiger partial charge in [0.2, 0.25) is 0 Å². The molecule has 0 saturated carbocycles. The summed E-state index contributed by atoms with van der Waals surface area (Å²) in [6, 6.07) is 7.29. The molecule has 2 atom stereocenters. The van der Waals surface area contributed by atoms with E-state index in [4.69, 9.17) is 10.5 Å². The summed E-state index contributed by atoms with van der Waals surface area (Å²) in [4.78, 5) is 25.5. The number of hydrogen-bond donors (Lipinski definition) is 2. The highest BCUT2D eigenvalue weighted by Gasteiger charge is 2.37. The summed E-state index contributed by atoms with van der Waals surface area (Å²) in [5.74, 6) is -1.47. The number of hydrogen-bond acceptors (Lipinski definition) is 4. The summed E-state index contributed by atoms with van der Waals surface area (Å²) < 4.78 is 5.37. The maximum absolute atomic E-state index is 12.1. The van der Waals surface area contributed by atoms with Crippen molar-refractivity contribution in [1.29, 1.82) is 0 Å². The number of aliphatic carboxylic acids is 1. The van der Waals surface area contributed by atoms with Crippen molar-refractivity contribution in [2.45, 2.75) is 39.2 Å². The molecule has 0 aromatic heterocycles. The number of likely N-dealkylation sites (tertiary alicyclic amines) is 1. The third kappa shape index (κ3) is 4.88. The second-order valence-electron chi connectivity index (χ2n) is 7.37. The van der Waals surface area contributed by atoms with Gasteiger partial charge in [-0.05, 0) is 57.2 Å². The minimum Gasteiger partial charge on any atom is -0.481 e. The quantitative estimate of drug-likeness (QED) is 0.826. The Morgan fingerprint density at radius 3 is 2.71 bits per heavy atom. The average Bonchev–Trinajstić information content (AvgIpc) is 2.92. The van der Waals surface area contributed by atoms with Gasteiger partial charge in [-0.3, -0.25) is 4.79 Å². The monoisotopic (exact) mass is 334 g/mol. The Hall–Kier alpha value is -2.24. The summed E-state index contributed by atoms with van der Waals surface area (Å²) in [6.45, 7) is 6.39. The van der Waals surface area contributed by atoms with E-state index < -0.39 is 17.5 Å². The Bertz CT molecular complexity index is 609. The van der Waals surface area contributed by atoms with Gasteiger partial charge < -0.3 is 20.5 Å². The highest BCUT2D eigenvalue weighted by Crippen LogP contribution is 2.29. The van der Waals surface area contributed by atoms with Gasteiger partial charge >= 0.3 is 12.1 Å². The maximum Gasteiger partial charge on any atom is 0.410 e. The molecule has 1 aromatic rings. The fraction of sp³-hybridized carbons (Fsp3) is 0.556. The molecule has 0 radical (unpaired) electrons. The molecule has 1 fully saturated rings. The third-order valence-corrected chi connectivity index (χ3v) is 4.17. The molecule has 0 aliphatic carbocycles. The molecule has 0 spiro atoms. The Morgan fingerprint density at radius 2 is 2.12 bits per heavy atom. The number of benzene rings is 1. The van der Waals surface area contributed by atoms with Crippen molar-refractivity contribution in [3.05, 3.63) is 29.8 Å². The maximum atomic E-state index is 12.1. The van der Waals surface area contributed by atoms with E-state index >= 15 is 0 Å². The molecule has 1 amide bonds. The molecule has 6 heteroatoms. The molecule has 1 aliphatic rings. The van der Waals surface area contributed by atoms with Crippen LogP contribution in [-0.2, 0) is 16.0 Å². The van der Waals surface area contributed by atoms with Gasteiger partial charge in [-0.15, -0.1) is 0 Å². The molecule has 132 valence electrons. The number of ether oxygens (including phenoxy) is 1. The first-order chi connectivity index (χ1) is 11.2. The van der Waals surface area contributed by atoms with Crippen LogP contribution in [-0.4, -0.2) is 40.8 Å². The van der Waals surface area contributed by atoms with Gasteiger partial charge in [0.15, 0.2) is 0 Å². The number of rotatable bonds is 4. The van der Waals surface area contributed by atoms with E-state index in [0.29, 0.717) is 31.6 Å². The van der Waals surface area contributed by atoms with Crippen LogP contribution in [0.25, 0.3) is 0 Å². The van der Waals surface area contributed by atoms with Crippen LogP contribution in [0.15, 0.2) is 24.3 Å². The first kappa shape index (κ1) is 18.1. The smallest absolute Gasteiger partial charge is 0.410 e. The van der Waals surface area contributed by atoms with Gasteiger partial charge in [0.05, 0.1) is 5.92 Å². The Morgan fingerprint density at radius 1 is 1.42 bits per heavy atom. The normalized spacial score (nSPS) is 19.1. The summed E-state index contributed by atoms with van der Waals surface area (Å²) in [7, 11) is 0. The highest BCUT2D eigenvalue weighted by atomic mass is 16.6. The van der Waals surface area contributed by atoms with Gasteiger partial charge in [-0.25, -0.2) is 4.79 Å². The van der Waals surface area contributed by atoms with Crippen LogP contribution in [0.1, 0.15) is 32.8 Å². The largest absolute Gasteiger partial charge is 0.481 e. The van der Waals surface area contributed by atoms with Crippen LogP contribution in [0.3, 0.4) is 0 Å². The molecule has 6 nitrogen and oxygen atoms in total. The number of carboxylic acid groups (broad SMARTS) is 1. The summed E-state index contributed by atoms with van der Waals surface area (Å²) in [5, 5.41) is 9.61. The van der Waals surface area contributed by atoms with Crippen molar-refractivity contribution in [3.8, 4) is 0 Å². The number of nitrogen functional groups attached to an aromatic ring is 1. The molecular weight excluding hydrogens is 308 g/mol. The molecule has 1 aliphatic heterocycles. The zero-order valence-corrected chi connectivity index (χ0v) is 14.5. The molecule has 1 aromatic carbocycles. The minimum absolute atomic E-state index is 0.0866. The van der Waals surface area contributed by atoms with Gasteiger partial charge in [-0.2, -0.15) is 0 Å². The van der Waals surface area contributed by atoms with Crippen molar-refractivity contribution in [1.82, 2.24) is 4.90 Å². The second-order valence-corrected chi connectivity index (χ2v) is 7.37. The van der Waals surface area contributed by atoms with E-state index in [9.17, 15) is 14.7 Å². The number of carbonyl (C=O) groups excluding carboxylic acids is 1. The summed E-state index contributed by atoms with van der Waals surface area (Å²) in [6.07, 6.45) is 0.698. The molecule has 3 N–H and O–H groups in total. The molecule has 0 unspecified atom stereocenters. The fourth-order valence-electron chi connectivity index (χ4n) is 3.04. The van der Waals surface area contributed by atoms with Crippen molar-refractivity contribution in [2.24, 2.45) is 11.8 Å². The predicted molar refractivity (Wildman–Crippen MR) is 91.6 cm³/mol. The number of carboxylic acids is 1. The molecule has 2 rings (SSSR count). The minimum atomic E-state index is -0.839. The van der Waals surface area contributed by atoms with E-state index in [1.165, 1.54) is 0 Å². The Balaban J connectivity index is 2.02. The number of amides is 1. The van der Waals surface area contributed by atoms with Crippen LogP contribution >= 0.6 is 0 Å². The average molecular weight is 334 g/mol. The van der Waals surface area contributed by atoms with E-state index in [1.807, 2.05) is 32.9 Å². The fourth-order valence-corrected chi connectivity index (χ4v) is 3.04. The number of nitrogens with two attached hydrogens (primary N) is 1. The molecule has 1 heterocycles. The lowest BCUT2D eigenvalue weighted by molar-refractivity contribution is -0.143. The van der Waals surface area contributed by atoms with Crippen molar-refractivity contribution in [2.75, 3.05) is 18.8 Å². The van der Waals surface area contributed by atoms with Crippen LogP contribution in [0, 0.1) is 11.8 Å². The lowest BCUT2D eigenvalue weighted by Gasteiger charge is -2.25. The van der Waals surface area contributed by atoms with Crippen molar-refractivity contribution in [3.63, 3.8) is 0 Å². The second kappa shape index (κ2) is 7.11. The lowest BCUT2D eigenvalue weighted by atomic mass is 9.86. The van der Waals surface area contributed by atoms with Crippen LogP contribution in [0.2, 0.25) is 0 Å². The SMILES string of the molecule is CC(C)(C)OC(=O)N1CC[C@H]([C@H](Cc2cccc(N)c2)C(=O)O)C1. The Labute approximate surface area is 142 Å². The van der Waals surface area contributed by atoms with E-state index in [-0.39, 0.29) is 12.0 Å². The highest BCUT2D eigenvalue weighted by molar-refractivity contribution is 5.72. The number of nitrogens with zero attached hydrogens (tertiary/aromatic N) is 1. The zero-order chi connectivity index (χ0) is 17.9. The van der Waals surface area contributed by atoms with E-state index in [2.05, 4.69) is 0 Å². The predicted octanol–water partition coefficient (Wildman–Crippen LogP) is 2.77. The van der Waals surface area contributed by atoms with Crippen LogP contribution < -0.4 is 5.73 Å². The topological polar surface area (TPSA) is 92.9 Å². The van der Waals surface area contributed by atoms with Crippen LogP contribution in [0.4, 0.5) is 10.5 Å². The Kier molecular flexibility index (Phi) is 5.36. The van der Waals surface area contributed by atoms with Crippen LogP contribution in [0.5, 0.6) is 0 Å². The van der Waals surface area contributed by atoms with Gasteiger partial charge in [0.1, 0.15) is 5.60 Å². The first-order valence-corrected chi connectivity index (χ1v) is 8.21. The molecule has 0 bridgehead atoms. The lowest BCUT2D eigenvalue weighted by Crippen LogP contribution is -2.36. The number of carbonyl (C=O) groups is 2. The first-order valence-electron chi connectivity index (χ1n) is 8.21. The van der Waals surface area contributed by atoms with E-state index in [0.717, 1.165) is 5.56 Å². The molecule has 24 heavy (non-hydrogen) atoms. The van der Waals surface area contributed by atoms with Gasteiger partial charge in [0, 0.05) is 18.8 Å². The van der Waals surface area contributed by atoms with E-state index in [1.54, 1.807) is 17.0 Å². The number of anilines is 1. The zero-order valence-electron chi connectivity index (χ0n) is 14.5. The van der Waals surface area contributed by atoms with Gasteiger partial charge in [0.25, 0.3) is 0 Å². The van der Waals surface area contributed by atoms with Crippen molar-refractivity contribution >= 4 is 17.7 Å². The molecule has 1 saturated heterocycles. The van der Waals surface area contributed by atoms with Crippen molar-refractivity contribution < 1.29 is 19.4 Å². The van der Waals surface area contributed by atoms with Gasteiger partial charge in [-0.1, -0.05) is 12.1 Å². The standard InChI is InChI=1S/C18H26N2O4/c1-18(2,3)24-17(23)20-8-7-13(11-20)15(16(21)22)10-12-5-4-6-14(19)9-12/h4-6,9,13,15H,7-8,10-11,19H2,1-3H3,(H,21,22)/t13-,15-/m0/s1. The summed E-state index contributed by atoms with van der Waals surface area (Å²) in [5.41, 5.74) is 6.74. The summed E-state index contributed by atoms with van der Waals surface area (Å²) >= 11 is 0. The molecular formula is C18H26N2O4.